The summed E-state index contributed by atoms with van der Waals surface area (Å²) in [7, 11) is 0. The molecule has 2 aromatic carbocycles. The first kappa shape index (κ1) is 21.5. The second-order valence-electron chi connectivity index (χ2n) is 6.47. The number of aromatic hydroxyl groups is 1. The number of phenols is 1. The quantitative estimate of drug-likeness (QED) is 0.324. The lowest BCUT2D eigenvalue weighted by molar-refractivity contribution is 0.249. The Hall–Kier alpha value is -2.22. The number of thiol groups is 1. The maximum atomic E-state index is 12.3. The van der Waals surface area contributed by atoms with Crippen LogP contribution in [0.25, 0.3) is 22.2 Å². The number of phenolic OH excluding ortho intramolecular Hbond substituents is 1. The topological polar surface area (TPSA) is 78.4 Å². The lowest BCUT2D eigenvalue weighted by Gasteiger charge is -2.15. The molecule has 2 amide bonds. The van der Waals surface area contributed by atoms with Crippen molar-refractivity contribution in [2.75, 3.05) is 10.8 Å². The van der Waals surface area contributed by atoms with Crippen LogP contribution in [-0.4, -0.2) is 27.7 Å². The summed E-state index contributed by atoms with van der Waals surface area (Å²) in [5.41, 5.74) is 2.77. The maximum absolute atomic E-state index is 12.3. The van der Waals surface area contributed by atoms with Crippen LogP contribution in [0.4, 0.5) is 10.6 Å². The van der Waals surface area contributed by atoms with Gasteiger partial charge in [0.2, 0.25) is 0 Å². The van der Waals surface area contributed by atoms with Gasteiger partial charge in [-0.2, -0.15) is 0 Å². The highest BCUT2D eigenvalue weighted by Crippen LogP contribution is 2.37. The number of unbranched alkanes of at least 4 members (excludes halogenated alkanes) is 2. The number of carbonyl (C=O) groups excluding carboxylic acids is 1. The molecule has 0 aliphatic rings. The molecule has 3 rings (SSSR count). The third kappa shape index (κ3) is 5.04. The van der Waals surface area contributed by atoms with E-state index in [4.69, 9.17) is 23.2 Å². The van der Waals surface area contributed by atoms with Crippen LogP contribution >= 0.6 is 36.0 Å². The Kier molecular flexibility index (Phi) is 7.05. The third-order valence-corrected chi connectivity index (χ3v) is 5.31. The van der Waals surface area contributed by atoms with Crippen molar-refractivity contribution in [2.24, 2.45) is 0 Å². The normalized spacial score (nSPS) is 10.9. The number of nitrogens with zero attached hydrogens (tertiary/aromatic N) is 3. The monoisotopic (exact) mass is 450 g/mol. The van der Waals surface area contributed by atoms with Crippen molar-refractivity contribution in [3.05, 3.63) is 46.6 Å². The molecular weight excluding hydrogens is 431 g/mol. The molecule has 29 heavy (non-hydrogen) atoms. The van der Waals surface area contributed by atoms with E-state index < -0.39 is 0 Å². The SMILES string of the molecule is CCCCCNC(=O)N(S)c1cnc2ccc(-c3cc(Cl)c(O)c(Cl)c3)cc2n1. The first-order valence-corrected chi connectivity index (χ1v) is 10.3. The van der Waals surface area contributed by atoms with Crippen LogP contribution in [0.15, 0.2) is 36.5 Å². The van der Waals surface area contributed by atoms with Gasteiger partial charge < -0.3 is 10.4 Å². The Morgan fingerprint density at radius 3 is 2.55 bits per heavy atom. The zero-order valence-electron chi connectivity index (χ0n) is 15.7. The van der Waals surface area contributed by atoms with Crippen molar-refractivity contribution in [3.8, 4) is 16.9 Å². The summed E-state index contributed by atoms with van der Waals surface area (Å²) in [6.07, 6.45) is 4.54. The van der Waals surface area contributed by atoms with E-state index >= 15 is 0 Å². The van der Waals surface area contributed by atoms with Gasteiger partial charge in [-0.15, -0.1) is 0 Å². The van der Waals surface area contributed by atoms with Crippen LogP contribution in [0.5, 0.6) is 5.75 Å². The fourth-order valence-electron chi connectivity index (χ4n) is 2.76. The van der Waals surface area contributed by atoms with Gasteiger partial charge in [-0.3, -0.25) is 4.98 Å². The van der Waals surface area contributed by atoms with Crippen molar-refractivity contribution in [1.29, 1.82) is 0 Å². The van der Waals surface area contributed by atoms with E-state index in [2.05, 4.69) is 35.0 Å². The number of aromatic nitrogens is 2. The van der Waals surface area contributed by atoms with Crippen LogP contribution in [0.1, 0.15) is 26.2 Å². The van der Waals surface area contributed by atoms with Gasteiger partial charge in [-0.1, -0.05) is 61.8 Å². The van der Waals surface area contributed by atoms with Gasteiger partial charge in [0.1, 0.15) is 0 Å². The average Bonchev–Trinajstić information content (AvgIpc) is 2.73. The molecule has 0 aliphatic heterocycles. The van der Waals surface area contributed by atoms with E-state index in [1.54, 1.807) is 12.1 Å². The molecule has 0 aliphatic carbocycles. The minimum Gasteiger partial charge on any atom is -0.505 e. The van der Waals surface area contributed by atoms with Gasteiger partial charge in [0, 0.05) is 6.54 Å². The zero-order chi connectivity index (χ0) is 21.0. The lowest BCUT2D eigenvalue weighted by atomic mass is 10.0. The molecule has 0 unspecified atom stereocenters. The Morgan fingerprint density at radius 2 is 1.86 bits per heavy atom. The van der Waals surface area contributed by atoms with Crippen LogP contribution in [-0.2, 0) is 0 Å². The highest BCUT2D eigenvalue weighted by atomic mass is 35.5. The fraction of sp³-hybridized carbons (Fsp3) is 0.250. The molecule has 0 fully saturated rings. The van der Waals surface area contributed by atoms with E-state index in [-0.39, 0.29) is 21.8 Å². The van der Waals surface area contributed by atoms with Crippen molar-refractivity contribution >= 4 is 58.9 Å². The predicted octanol–water partition coefficient (Wildman–Crippen LogP) is 5.86. The van der Waals surface area contributed by atoms with Crippen molar-refractivity contribution in [1.82, 2.24) is 15.3 Å². The molecule has 0 saturated carbocycles. The van der Waals surface area contributed by atoms with Crippen molar-refractivity contribution < 1.29 is 9.90 Å². The minimum absolute atomic E-state index is 0.157. The summed E-state index contributed by atoms with van der Waals surface area (Å²) in [4.78, 5) is 21.1. The summed E-state index contributed by atoms with van der Waals surface area (Å²) in [5, 5.41) is 12.9. The first-order chi connectivity index (χ1) is 13.9. The van der Waals surface area contributed by atoms with Gasteiger partial charge in [0.05, 0.1) is 27.3 Å². The van der Waals surface area contributed by atoms with E-state index in [1.165, 1.54) is 6.20 Å². The van der Waals surface area contributed by atoms with Crippen LogP contribution < -0.4 is 9.62 Å². The third-order valence-electron chi connectivity index (χ3n) is 4.35. The number of carbonyl (C=O) groups is 1. The van der Waals surface area contributed by atoms with E-state index in [0.29, 0.717) is 23.4 Å². The molecule has 2 N–H and O–H groups in total. The average molecular weight is 451 g/mol. The van der Waals surface area contributed by atoms with Crippen molar-refractivity contribution in [3.63, 3.8) is 0 Å². The Bertz CT molecular complexity index is 1030. The van der Waals surface area contributed by atoms with Gasteiger partial charge in [-0.25, -0.2) is 14.1 Å². The maximum Gasteiger partial charge on any atom is 0.333 e. The summed E-state index contributed by atoms with van der Waals surface area (Å²) < 4.78 is 1.14. The molecule has 1 aromatic heterocycles. The molecule has 3 aromatic rings. The van der Waals surface area contributed by atoms with E-state index in [1.807, 2.05) is 18.2 Å². The number of amides is 2. The van der Waals surface area contributed by atoms with Gasteiger partial charge in [0.25, 0.3) is 0 Å². The number of anilines is 1. The number of halogens is 2. The molecule has 0 bridgehead atoms. The lowest BCUT2D eigenvalue weighted by Crippen LogP contribution is -2.35. The number of nitrogens with one attached hydrogen (secondary N) is 1. The molecule has 152 valence electrons. The number of hydrogen-bond donors (Lipinski definition) is 3. The number of rotatable bonds is 6. The summed E-state index contributed by atoms with van der Waals surface area (Å²) in [6.45, 7) is 2.68. The summed E-state index contributed by atoms with van der Waals surface area (Å²) in [6, 6.07) is 8.36. The van der Waals surface area contributed by atoms with Gasteiger partial charge in [-0.05, 0) is 41.8 Å². The molecule has 0 atom stereocenters. The molecule has 0 spiro atoms. The Balaban J connectivity index is 1.86. The molecular formula is C20H20Cl2N4O2S. The highest BCUT2D eigenvalue weighted by molar-refractivity contribution is 7.82. The molecule has 0 saturated heterocycles. The predicted molar refractivity (Wildman–Crippen MR) is 121 cm³/mol. The molecule has 0 radical (unpaired) electrons. The zero-order valence-corrected chi connectivity index (χ0v) is 18.1. The van der Waals surface area contributed by atoms with Crippen molar-refractivity contribution in [2.45, 2.75) is 26.2 Å². The Labute approximate surface area is 184 Å². The second-order valence-corrected chi connectivity index (χ2v) is 7.69. The largest absolute Gasteiger partial charge is 0.505 e. The second kappa shape index (κ2) is 9.52. The molecule has 1 heterocycles. The fourth-order valence-corrected chi connectivity index (χ4v) is 3.42. The number of urea groups is 1. The number of fused-ring (bicyclic) bond motifs is 1. The highest BCUT2D eigenvalue weighted by Gasteiger charge is 2.15. The summed E-state index contributed by atoms with van der Waals surface area (Å²) in [5.74, 6) is 0.156. The minimum atomic E-state index is -0.355. The van der Waals surface area contributed by atoms with Gasteiger partial charge in [0.15, 0.2) is 11.6 Å². The van der Waals surface area contributed by atoms with Gasteiger partial charge >= 0.3 is 6.03 Å². The first-order valence-electron chi connectivity index (χ1n) is 9.12. The van der Waals surface area contributed by atoms with Crippen LogP contribution in [0.2, 0.25) is 10.0 Å². The van der Waals surface area contributed by atoms with Crippen LogP contribution in [0.3, 0.4) is 0 Å². The van der Waals surface area contributed by atoms with E-state index in [9.17, 15) is 9.90 Å². The Morgan fingerprint density at radius 1 is 1.14 bits per heavy atom. The van der Waals surface area contributed by atoms with Crippen LogP contribution in [0, 0.1) is 0 Å². The standard InChI is InChI=1S/C20H20Cl2N4O2S/c1-2-3-4-7-23-20(28)26(29)18-11-24-16-6-5-12(10-17(16)25-18)13-8-14(21)19(27)15(22)9-13/h5-6,8-11,27,29H,2-4,7H2,1H3,(H,23,28). The molecule has 6 nitrogen and oxygen atoms in total. The molecule has 9 heteroatoms. The van der Waals surface area contributed by atoms with E-state index in [0.717, 1.165) is 34.7 Å². The smallest absolute Gasteiger partial charge is 0.333 e. The summed E-state index contributed by atoms with van der Waals surface area (Å²) >= 11 is 16.3. The number of benzene rings is 2. The number of hydrogen-bond acceptors (Lipinski definition) is 5.